The molecule has 0 aromatic rings. The molecule has 7 nitrogen and oxygen atoms in total. The molecule has 0 aromatic carbocycles. The predicted octanol–water partition coefficient (Wildman–Crippen LogP) is -1.19. The van der Waals surface area contributed by atoms with Crippen molar-refractivity contribution in [1.82, 2.24) is 0 Å². The zero-order chi connectivity index (χ0) is 12.6. The number of rotatable bonds is 2. The van der Waals surface area contributed by atoms with E-state index in [4.69, 9.17) is 14.2 Å². The summed E-state index contributed by atoms with van der Waals surface area (Å²) in [7, 11) is 0. The average molecular weight is 245 g/mol. The van der Waals surface area contributed by atoms with E-state index in [9.17, 15) is 15.0 Å². The number of aliphatic imine (C=N–C) groups is 1. The summed E-state index contributed by atoms with van der Waals surface area (Å²) in [6.07, 6.45) is -3.79. The van der Waals surface area contributed by atoms with Gasteiger partial charge in [0.1, 0.15) is 31.0 Å². The van der Waals surface area contributed by atoms with Crippen LogP contribution in [0.4, 0.5) is 0 Å². The number of hydrogen-bond acceptors (Lipinski definition) is 7. The fourth-order valence-electron chi connectivity index (χ4n) is 1.90. The third kappa shape index (κ3) is 2.41. The third-order valence-electron chi connectivity index (χ3n) is 2.74. The lowest BCUT2D eigenvalue weighted by atomic mass is 9.98. The van der Waals surface area contributed by atoms with Gasteiger partial charge in [-0.05, 0) is 0 Å². The van der Waals surface area contributed by atoms with Crippen LogP contribution in [0.25, 0.3) is 0 Å². The number of esters is 1. The highest BCUT2D eigenvalue weighted by Crippen LogP contribution is 2.28. The molecule has 1 fully saturated rings. The van der Waals surface area contributed by atoms with Crippen molar-refractivity contribution in [2.24, 2.45) is 4.99 Å². The highest BCUT2D eigenvalue weighted by Gasteiger charge is 2.48. The molecule has 5 atom stereocenters. The Labute approximate surface area is 98.0 Å². The summed E-state index contributed by atoms with van der Waals surface area (Å²) in [6, 6.07) is -0.626. The average Bonchev–Trinajstić information content (AvgIpc) is 2.62. The number of carbonyl (C=O) groups excluding carboxylic acids is 1. The molecule has 2 rings (SSSR count). The van der Waals surface area contributed by atoms with Crippen molar-refractivity contribution in [2.75, 3.05) is 6.61 Å². The van der Waals surface area contributed by atoms with Crippen LogP contribution in [-0.2, 0) is 19.0 Å². The minimum Gasteiger partial charge on any atom is -0.463 e. The normalized spacial score (nSPS) is 40.2. The van der Waals surface area contributed by atoms with Crippen molar-refractivity contribution >= 4 is 11.9 Å². The minimum absolute atomic E-state index is 0.126. The minimum atomic E-state index is -1.16. The van der Waals surface area contributed by atoms with Crippen molar-refractivity contribution in [3.63, 3.8) is 0 Å². The van der Waals surface area contributed by atoms with E-state index in [1.54, 1.807) is 6.92 Å². The maximum Gasteiger partial charge on any atom is 0.302 e. The highest BCUT2D eigenvalue weighted by molar-refractivity contribution is 5.75. The summed E-state index contributed by atoms with van der Waals surface area (Å²) >= 11 is 0. The Kier molecular flexibility index (Phi) is 3.32. The Morgan fingerprint density at radius 1 is 1.47 bits per heavy atom. The van der Waals surface area contributed by atoms with Crippen molar-refractivity contribution in [1.29, 1.82) is 0 Å². The second-order valence-corrected chi connectivity index (χ2v) is 4.08. The molecule has 2 aliphatic heterocycles. The molecule has 7 heteroatoms. The van der Waals surface area contributed by atoms with E-state index < -0.39 is 36.6 Å². The topological polar surface area (TPSA) is 97.6 Å². The summed E-state index contributed by atoms with van der Waals surface area (Å²) in [4.78, 5) is 14.7. The Bertz CT molecular complexity index is 344. The van der Waals surface area contributed by atoms with Gasteiger partial charge in [-0.1, -0.05) is 0 Å². The third-order valence-corrected chi connectivity index (χ3v) is 2.74. The molecule has 1 saturated heterocycles. The van der Waals surface area contributed by atoms with Crippen molar-refractivity contribution in [3.05, 3.63) is 0 Å². The van der Waals surface area contributed by atoms with E-state index in [-0.39, 0.29) is 6.61 Å². The standard InChI is InChI=1S/C10H15NO6/c1-4-11-7-9(14)8(13)6(3-15-5(2)12)17-10(7)16-4/h6-10,13-14H,3H2,1-2H3/t6?,7?,8-,9+,10+/m0/s1. The zero-order valence-electron chi connectivity index (χ0n) is 9.57. The number of fused-ring (bicyclic) bond motifs is 1. The van der Waals surface area contributed by atoms with Crippen LogP contribution in [0.15, 0.2) is 4.99 Å². The molecule has 0 bridgehead atoms. The van der Waals surface area contributed by atoms with Crippen LogP contribution in [-0.4, -0.2) is 59.3 Å². The van der Waals surface area contributed by atoms with Gasteiger partial charge in [0.15, 0.2) is 5.90 Å². The van der Waals surface area contributed by atoms with Crippen LogP contribution in [0.5, 0.6) is 0 Å². The van der Waals surface area contributed by atoms with E-state index in [0.29, 0.717) is 5.90 Å². The van der Waals surface area contributed by atoms with Gasteiger partial charge in [0.25, 0.3) is 0 Å². The number of carbonyl (C=O) groups is 1. The largest absolute Gasteiger partial charge is 0.463 e. The molecule has 0 spiro atoms. The molecule has 0 saturated carbocycles. The van der Waals surface area contributed by atoms with Gasteiger partial charge in [-0.25, -0.2) is 4.99 Å². The molecule has 17 heavy (non-hydrogen) atoms. The van der Waals surface area contributed by atoms with E-state index in [1.165, 1.54) is 6.92 Å². The first kappa shape index (κ1) is 12.3. The number of hydrogen-bond donors (Lipinski definition) is 2. The monoisotopic (exact) mass is 245 g/mol. The van der Waals surface area contributed by atoms with Crippen molar-refractivity contribution in [2.45, 2.75) is 44.5 Å². The Morgan fingerprint density at radius 2 is 2.18 bits per heavy atom. The predicted molar refractivity (Wildman–Crippen MR) is 55.3 cm³/mol. The number of nitrogens with zero attached hydrogens (tertiary/aromatic N) is 1. The number of ether oxygens (including phenoxy) is 3. The summed E-state index contributed by atoms with van der Waals surface area (Å²) < 4.78 is 15.4. The van der Waals surface area contributed by atoms with E-state index in [1.807, 2.05) is 0 Å². The Hall–Kier alpha value is -1.18. The highest BCUT2D eigenvalue weighted by atomic mass is 16.7. The van der Waals surface area contributed by atoms with Crippen LogP contribution in [0.1, 0.15) is 13.8 Å². The molecular formula is C10H15NO6. The van der Waals surface area contributed by atoms with E-state index >= 15 is 0 Å². The van der Waals surface area contributed by atoms with Gasteiger partial charge in [-0.15, -0.1) is 0 Å². The molecule has 0 aromatic heterocycles. The van der Waals surface area contributed by atoms with Crippen molar-refractivity contribution in [3.8, 4) is 0 Å². The fourth-order valence-corrected chi connectivity index (χ4v) is 1.90. The van der Waals surface area contributed by atoms with Crippen LogP contribution in [0, 0.1) is 0 Å². The lowest BCUT2D eigenvalue weighted by Gasteiger charge is -2.37. The molecule has 0 radical (unpaired) electrons. The van der Waals surface area contributed by atoms with Gasteiger partial charge in [-0.2, -0.15) is 0 Å². The van der Waals surface area contributed by atoms with E-state index in [2.05, 4.69) is 4.99 Å². The zero-order valence-corrected chi connectivity index (χ0v) is 9.57. The lowest BCUT2D eigenvalue weighted by Crippen LogP contribution is -2.57. The summed E-state index contributed by atoms with van der Waals surface area (Å²) in [5, 5.41) is 19.6. The van der Waals surface area contributed by atoms with Crippen LogP contribution >= 0.6 is 0 Å². The van der Waals surface area contributed by atoms with Crippen LogP contribution in [0.3, 0.4) is 0 Å². The maximum absolute atomic E-state index is 10.7. The van der Waals surface area contributed by atoms with Gasteiger partial charge < -0.3 is 24.4 Å². The SMILES string of the molecule is CC(=O)OCC1O[C@H]2OC(C)=NC2[C@@H](O)[C@H]1O. The first-order valence-electron chi connectivity index (χ1n) is 5.35. The van der Waals surface area contributed by atoms with E-state index in [0.717, 1.165) is 0 Å². The number of aliphatic hydroxyl groups excluding tert-OH is 2. The summed E-state index contributed by atoms with van der Waals surface area (Å²) in [5.74, 6) is -0.0726. The molecule has 2 unspecified atom stereocenters. The summed E-state index contributed by atoms with van der Waals surface area (Å²) in [5.41, 5.74) is 0. The molecule has 2 aliphatic rings. The van der Waals surface area contributed by atoms with Gasteiger partial charge in [-0.3, -0.25) is 4.79 Å². The maximum atomic E-state index is 10.7. The molecule has 96 valence electrons. The Balaban J connectivity index is 2.01. The van der Waals surface area contributed by atoms with Gasteiger partial charge in [0.2, 0.25) is 6.29 Å². The van der Waals surface area contributed by atoms with Crippen LogP contribution in [0.2, 0.25) is 0 Å². The molecule has 2 heterocycles. The lowest BCUT2D eigenvalue weighted by molar-refractivity contribution is -0.236. The van der Waals surface area contributed by atoms with Gasteiger partial charge in [0, 0.05) is 13.8 Å². The molecule has 2 N–H and O–H groups in total. The molecule has 0 amide bonds. The first-order valence-corrected chi connectivity index (χ1v) is 5.35. The quantitative estimate of drug-likeness (QED) is 0.594. The molecule has 0 aliphatic carbocycles. The Morgan fingerprint density at radius 3 is 2.82 bits per heavy atom. The van der Waals surface area contributed by atoms with Gasteiger partial charge in [0.05, 0.1) is 0 Å². The second kappa shape index (κ2) is 4.59. The first-order chi connectivity index (χ1) is 7.99. The number of aliphatic hydroxyl groups is 2. The fraction of sp³-hybridized carbons (Fsp3) is 0.800. The van der Waals surface area contributed by atoms with Crippen LogP contribution < -0.4 is 0 Å². The smallest absolute Gasteiger partial charge is 0.302 e. The van der Waals surface area contributed by atoms with Crippen molar-refractivity contribution < 1.29 is 29.2 Å². The summed E-state index contributed by atoms with van der Waals surface area (Å²) in [6.45, 7) is 2.77. The van der Waals surface area contributed by atoms with Gasteiger partial charge >= 0.3 is 5.97 Å². The molecular weight excluding hydrogens is 230 g/mol. The second-order valence-electron chi connectivity index (χ2n) is 4.08.